The van der Waals surface area contributed by atoms with E-state index >= 15 is 0 Å². The minimum absolute atomic E-state index is 0.316. The number of anilines is 1. The summed E-state index contributed by atoms with van der Waals surface area (Å²) in [4.78, 5) is 24.0. The molecule has 0 unspecified atom stereocenters. The van der Waals surface area contributed by atoms with Gasteiger partial charge < -0.3 is 14.8 Å². The number of fused-ring (bicyclic) bond motifs is 1. The molecule has 0 aromatic heterocycles. The fourth-order valence-corrected chi connectivity index (χ4v) is 2.91. The predicted octanol–water partition coefficient (Wildman–Crippen LogP) is 3.37. The number of benzene rings is 2. The Kier molecular flexibility index (Phi) is 5.33. The van der Waals surface area contributed by atoms with Gasteiger partial charge in [-0.1, -0.05) is 6.07 Å². The van der Waals surface area contributed by atoms with Crippen LogP contribution in [0.25, 0.3) is 0 Å². The van der Waals surface area contributed by atoms with Crippen molar-refractivity contribution in [2.24, 2.45) is 0 Å². The van der Waals surface area contributed by atoms with Crippen molar-refractivity contribution in [3.63, 3.8) is 0 Å². The van der Waals surface area contributed by atoms with E-state index in [1.54, 1.807) is 24.3 Å². The third-order valence-electron chi connectivity index (χ3n) is 4.12. The lowest BCUT2D eigenvalue weighted by molar-refractivity contribution is -0.119. The largest absolute Gasteiger partial charge is 0.494 e. The van der Waals surface area contributed by atoms with Crippen LogP contribution in [0.2, 0.25) is 0 Å². The molecule has 0 radical (unpaired) electrons. The zero-order chi connectivity index (χ0) is 17.6. The van der Waals surface area contributed by atoms with Crippen molar-refractivity contribution in [2.75, 3.05) is 18.5 Å². The Morgan fingerprint density at radius 2 is 1.80 bits per heavy atom. The zero-order valence-electron chi connectivity index (χ0n) is 14.2. The van der Waals surface area contributed by atoms with E-state index in [4.69, 9.17) is 9.47 Å². The van der Waals surface area contributed by atoms with Gasteiger partial charge in [-0.05, 0) is 73.7 Å². The van der Waals surface area contributed by atoms with Gasteiger partial charge in [0, 0.05) is 5.69 Å². The Morgan fingerprint density at radius 3 is 2.56 bits per heavy atom. The van der Waals surface area contributed by atoms with Crippen LogP contribution in [0.15, 0.2) is 42.5 Å². The fourth-order valence-electron chi connectivity index (χ4n) is 2.91. The molecule has 2 aromatic carbocycles. The van der Waals surface area contributed by atoms with E-state index in [0.29, 0.717) is 17.9 Å². The zero-order valence-corrected chi connectivity index (χ0v) is 14.2. The van der Waals surface area contributed by atoms with Gasteiger partial charge in [0.1, 0.15) is 5.75 Å². The van der Waals surface area contributed by atoms with Crippen molar-refractivity contribution >= 4 is 17.6 Å². The molecule has 5 heteroatoms. The van der Waals surface area contributed by atoms with Crippen molar-refractivity contribution < 1.29 is 19.1 Å². The van der Waals surface area contributed by atoms with Crippen molar-refractivity contribution in [3.8, 4) is 5.75 Å². The summed E-state index contributed by atoms with van der Waals surface area (Å²) in [5, 5.41) is 2.77. The van der Waals surface area contributed by atoms with Crippen LogP contribution < -0.4 is 10.1 Å². The van der Waals surface area contributed by atoms with Crippen LogP contribution in [0.5, 0.6) is 5.75 Å². The number of aryl methyl sites for hydroxylation is 2. The standard InChI is InChI=1S/C20H21NO4/c1-2-24-18-10-7-15(8-11-18)20(23)25-13-19(22)21-17-9-6-14-4-3-5-16(14)12-17/h6-12H,2-5,13H2,1H3,(H,21,22). The number of ether oxygens (including phenoxy) is 2. The molecular weight excluding hydrogens is 318 g/mol. The molecule has 2 aromatic rings. The van der Waals surface area contributed by atoms with Crippen LogP contribution in [0.3, 0.4) is 0 Å². The topological polar surface area (TPSA) is 64.6 Å². The average molecular weight is 339 g/mol. The highest BCUT2D eigenvalue weighted by atomic mass is 16.5. The second-order valence-corrected chi connectivity index (χ2v) is 5.92. The molecule has 0 bridgehead atoms. The normalized spacial score (nSPS) is 12.4. The minimum atomic E-state index is -0.535. The Hall–Kier alpha value is -2.82. The Morgan fingerprint density at radius 1 is 1.04 bits per heavy atom. The van der Waals surface area contributed by atoms with Gasteiger partial charge in [-0.25, -0.2) is 4.79 Å². The van der Waals surface area contributed by atoms with Gasteiger partial charge in [-0.3, -0.25) is 4.79 Å². The lowest BCUT2D eigenvalue weighted by Gasteiger charge is -2.09. The van der Waals surface area contributed by atoms with Crippen molar-refractivity contribution in [3.05, 3.63) is 59.2 Å². The molecule has 1 N–H and O–H groups in total. The monoisotopic (exact) mass is 339 g/mol. The number of hydrogen-bond donors (Lipinski definition) is 1. The molecule has 0 fully saturated rings. The molecule has 0 saturated carbocycles. The van der Waals surface area contributed by atoms with Gasteiger partial charge in [0.05, 0.1) is 12.2 Å². The van der Waals surface area contributed by atoms with E-state index in [-0.39, 0.29) is 12.5 Å². The smallest absolute Gasteiger partial charge is 0.338 e. The molecule has 5 nitrogen and oxygen atoms in total. The summed E-state index contributed by atoms with van der Waals surface area (Å²) in [6.07, 6.45) is 3.31. The number of rotatable bonds is 6. The third-order valence-corrected chi connectivity index (χ3v) is 4.12. The lowest BCUT2D eigenvalue weighted by Crippen LogP contribution is -2.21. The van der Waals surface area contributed by atoms with Gasteiger partial charge in [-0.2, -0.15) is 0 Å². The second kappa shape index (κ2) is 7.83. The highest BCUT2D eigenvalue weighted by Gasteiger charge is 2.13. The summed E-state index contributed by atoms with van der Waals surface area (Å²) >= 11 is 0. The summed E-state index contributed by atoms with van der Waals surface area (Å²) in [5.74, 6) is -0.196. The van der Waals surface area contributed by atoms with Gasteiger partial charge in [-0.15, -0.1) is 0 Å². The van der Waals surface area contributed by atoms with Gasteiger partial charge in [0.2, 0.25) is 0 Å². The van der Waals surface area contributed by atoms with E-state index in [1.165, 1.54) is 11.1 Å². The number of nitrogens with one attached hydrogen (secondary N) is 1. The number of carbonyl (C=O) groups is 2. The highest BCUT2D eigenvalue weighted by molar-refractivity contribution is 5.95. The van der Waals surface area contributed by atoms with Gasteiger partial charge >= 0.3 is 5.97 Å². The third kappa shape index (κ3) is 4.38. The van der Waals surface area contributed by atoms with Crippen LogP contribution in [0, 0.1) is 0 Å². The highest BCUT2D eigenvalue weighted by Crippen LogP contribution is 2.24. The molecular formula is C20H21NO4. The summed E-state index contributed by atoms with van der Waals surface area (Å²) in [7, 11) is 0. The molecule has 1 amide bonds. The van der Waals surface area contributed by atoms with Crippen LogP contribution in [-0.4, -0.2) is 25.1 Å². The fraction of sp³-hybridized carbons (Fsp3) is 0.300. The van der Waals surface area contributed by atoms with Crippen molar-refractivity contribution in [1.29, 1.82) is 0 Å². The van der Waals surface area contributed by atoms with E-state index in [0.717, 1.165) is 24.9 Å². The summed E-state index contributed by atoms with van der Waals surface area (Å²) in [6, 6.07) is 12.6. The summed E-state index contributed by atoms with van der Waals surface area (Å²) < 4.78 is 10.4. The SMILES string of the molecule is CCOc1ccc(C(=O)OCC(=O)Nc2ccc3c(c2)CCC3)cc1. The van der Waals surface area contributed by atoms with Crippen LogP contribution in [0.4, 0.5) is 5.69 Å². The van der Waals surface area contributed by atoms with Crippen LogP contribution >= 0.6 is 0 Å². The molecule has 0 heterocycles. The maximum Gasteiger partial charge on any atom is 0.338 e. The number of esters is 1. The van der Waals surface area contributed by atoms with Crippen molar-refractivity contribution in [2.45, 2.75) is 26.2 Å². The van der Waals surface area contributed by atoms with E-state index in [2.05, 4.69) is 5.32 Å². The molecule has 0 aliphatic heterocycles. The first kappa shape index (κ1) is 17.0. The Labute approximate surface area is 147 Å². The molecule has 0 atom stereocenters. The maximum absolute atomic E-state index is 12.0. The van der Waals surface area contributed by atoms with Crippen LogP contribution in [-0.2, 0) is 22.4 Å². The molecule has 1 aliphatic carbocycles. The number of hydrogen-bond acceptors (Lipinski definition) is 4. The van der Waals surface area contributed by atoms with Crippen molar-refractivity contribution in [1.82, 2.24) is 0 Å². The Balaban J connectivity index is 1.50. The molecule has 3 rings (SSSR count). The molecule has 1 aliphatic rings. The van der Waals surface area contributed by atoms with Gasteiger partial charge in [0.25, 0.3) is 5.91 Å². The first-order chi connectivity index (χ1) is 12.2. The van der Waals surface area contributed by atoms with Crippen LogP contribution in [0.1, 0.15) is 34.8 Å². The molecule has 130 valence electrons. The second-order valence-electron chi connectivity index (χ2n) is 5.92. The van der Waals surface area contributed by atoms with E-state index < -0.39 is 5.97 Å². The first-order valence-corrected chi connectivity index (χ1v) is 8.47. The molecule has 0 saturated heterocycles. The summed E-state index contributed by atoms with van der Waals surface area (Å²) in [6.45, 7) is 2.14. The molecule has 0 spiro atoms. The first-order valence-electron chi connectivity index (χ1n) is 8.47. The Bertz CT molecular complexity index is 768. The van der Waals surface area contributed by atoms with E-state index in [9.17, 15) is 9.59 Å². The average Bonchev–Trinajstić information content (AvgIpc) is 3.08. The quantitative estimate of drug-likeness (QED) is 0.820. The predicted molar refractivity (Wildman–Crippen MR) is 95.0 cm³/mol. The van der Waals surface area contributed by atoms with E-state index in [1.807, 2.05) is 25.1 Å². The maximum atomic E-state index is 12.0. The number of carbonyl (C=O) groups excluding carboxylic acids is 2. The minimum Gasteiger partial charge on any atom is -0.494 e. The summed E-state index contributed by atoms with van der Waals surface area (Å²) in [5.41, 5.74) is 3.75. The lowest BCUT2D eigenvalue weighted by atomic mass is 10.1. The molecule has 25 heavy (non-hydrogen) atoms. The van der Waals surface area contributed by atoms with Gasteiger partial charge in [0.15, 0.2) is 6.61 Å². The number of amides is 1.